The van der Waals surface area contributed by atoms with E-state index in [-0.39, 0.29) is 18.3 Å². The molecule has 6 heteroatoms. The highest BCUT2D eigenvalue weighted by atomic mass is 16.6. The van der Waals surface area contributed by atoms with Crippen molar-refractivity contribution in [2.75, 3.05) is 0 Å². The first-order chi connectivity index (χ1) is 13.2. The molecule has 0 unspecified atom stereocenters. The maximum Gasteiger partial charge on any atom is 0.347 e. The average molecular weight is 380 g/mol. The fourth-order valence-corrected chi connectivity index (χ4v) is 2.96. The number of amidine groups is 1. The minimum Gasteiger partial charge on any atom is -0.479 e. The van der Waals surface area contributed by atoms with Crippen LogP contribution in [0.2, 0.25) is 0 Å². The molecule has 2 aromatic carbocycles. The first kappa shape index (κ1) is 19.6. The van der Waals surface area contributed by atoms with Gasteiger partial charge in [-0.3, -0.25) is 15.1 Å². The van der Waals surface area contributed by atoms with E-state index >= 15 is 0 Å². The highest BCUT2D eigenvalue weighted by molar-refractivity contribution is 6.22. The second-order valence-electron chi connectivity index (χ2n) is 7.73. The van der Waals surface area contributed by atoms with Gasteiger partial charge < -0.3 is 9.47 Å². The molecule has 1 aliphatic heterocycles. The zero-order valence-corrected chi connectivity index (χ0v) is 16.5. The van der Waals surface area contributed by atoms with Gasteiger partial charge >= 0.3 is 5.97 Å². The van der Waals surface area contributed by atoms with Crippen molar-refractivity contribution in [2.45, 2.75) is 45.9 Å². The number of nitrogens with one attached hydrogen (secondary N) is 1. The van der Waals surface area contributed by atoms with Crippen LogP contribution < -0.4 is 4.74 Å². The highest BCUT2D eigenvalue weighted by Gasteiger charge is 2.32. The van der Waals surface area contributed by atoms with Crippen LogP contribution in [0.25, 0.3) is 0 Å². The van der Waals surface area contributed by atoms with Gasteiger partial charge in [-0.15, -0.1) is 0 Å². The van der Waals surface area contributed by atoms with Crippen molar-refractivity contribution in [3.63, 3.8) is 0 Å². The quantitative estimate of drug-likeness (QED) is 0.801. The Bertz CT molecular complexity index is 895. The number of benzene rings is 2. The summed E-state index contributed by atoms with van der Waals surface area (Å²) in [5, 5.41) is 8.29. The summed E-state index contributed by atoms with van der Waals surface area (Å²) in [5.74, 6) is 0.0690. The summed E-state index contributed by atoms with van der Waals surface area (Å²) in [6, 6.07) is 14.3. The number of carbonyl (C=O) groups excluding carboxylic acids is 2. The molecule has 1 amide bonds. The number of nitrogens with zero attached hydrogens (tertiary/aromatic N) is 1. The molecule has 0 aromatic heterocycles. The smallest absolute Gasteiger partial charge is 0.347 e. The van der Waals surface area contributed by atoms with Crippen LogP contribution in [0.4, 0.5) is 0 Å². The summed E-state index contributed by atoms with van der Waals surface area (Å²) >= 11 is 0. The Morgan fingerprint density at radius 1 is 1.11 bits per heavy atom. The van der Waals surface area contributed by atoms with Gasteiger partial charge in [0, 0.05) is 5.56 Å². The number of hydrogen-bond acceptors (Lipinski definition) is 5. The molecule has 2 aromatic rings. The number of fused-ring (bicyclic) bond motifs is 1. The van der Waals surface area contributed by atoms with Crippen LogP contribution >= 0.6 is 0 Å². The molecule has 0 bridgehead atoms. The van der Waals surface area contributed by atoms with Gasteiger partial charge in [0.05, 0.1) is 12.1 Å². The largest absolute Gasteiger partial charge is 0.479 e. The number of carbonyl (C=O) groups is 2. The van der Waals surface area contributed by atoms with Crippen molar-refractivity contribution < 1.29 is 19.1 Å². The molecule has 3 rings (SSSR count). The van der Waals surface area contributed by atoms with Crippen LogP contribution in [0.3, 0.4) is 0 Å². The number of ether oxygens (including phenoxy) is 2. The van der Waals surface area contributed by atoms with Gasteiger partial charge in [-0.2, -0.15) is 0 Å². The normalized spacial score (nSPS) is 14.6. The highest BCUT2D eigenvalue weighted by Crippen LogP contribution is 2.25. The Kier molecular flexibility index (Phi) is 5.23. The molecule has 0 aliphatic carbocycles. The third-order valence-corrected chi connectivity index (χ3v) is 4.22. The van der Waals surface area contributed by atoms with E-state index < -0.39 is 17.7 Å². The minimum absolute atomic E-state index is 0.186. The topological polar surface area (TPSA) is 79.7 Å². The standard InChI is InChI=1S/C22H24N2O4/c1-14(21(26)28-22(2,3)4)27-16-9-7-8-15(12-16)13-24-19(23)17-10-5-6-11-18(17)20(24)25/h5-12,14,23H,13H2,1-4H3/t14-/m0/s1. The molecule has 0 radical (unpaired) electrons. The van der Waals surface area contributed by atoms with Crippen molar-refractivity contribution in [2.24, 2.45) is 0 Å². The van der Waals surface area contributed by atoms with Crippen molar-refractivity contribution in [1.82, 2.24) is 4.90 Å². The van der Waals surface area contributed by atoms with Gasteiger partial charge in [-0.1, -0.05) is 30.3 Å². The lowest BCUT2D eigenvalue weighted by Gasteiger charge is -2.23. The predicted molar refractivity (Wildman–Crippen MR) is 106 cm³/mol. The van der Waals surface area contributed by atoms with Crippen molar-refractivity contribution in [3.05, 3.63) is 65.2 Å². The lowest BCUT2D eigenvalue weighted by atomic mass is 10.1. The Morgan fingerprint density at radius 2 is 1.79 bits per heavy atom. The second-order valence-corrected chi connectivity index (χ2v) is 7.73. The second kappa shape index (κ2) is 7.46. The Hall–Kier alpha value is -3.15. The number of amides is 1. The summed E-state index contributed by atoms with van der Waals surface area (Å²) in [7, 11) is 0. The van der Waals surface area contributed by atoms with Crippen molar-refractivity contribution in [3.8, 4) is 5.75 Å². The zero-order valence-electron chi connectivity index (χ0n) is 16.5. The van der Waals surface area contributed by atoms with Gasteiger partial charge in [0.2, 0.25) is 0 Å². The van der Waals surface area contributed by atoms with Gasteiger partial charge in [0.15, 0.2) is 6.10 Å². The van der Waals surface area contributed by atoms with Crippen LogP contribution in [0.5, 0.6) is 5.75 Å². The molecule has 146 valence electrons. The monoisotopic (exact) mass is 380 g/mol. The Balaban J connectivity index is 1.70. The molecule has 0 spiro atoms. The maximum atomic E-state index is 12.6. The lowest BCUT2D eigenvalue weighted by molar-refractivity contribution is -0.162. The first-order valence-corrected chi connectivity index (χ1v) is 9.14. The van der Waals surface area contributed by atoms with Crippen molar-refractivity contribution in [1.29, 1.82) is 5.41 Å². The van der Waals surface area contributed by atoms with E-state index in [2.05, 4.69) is 0 Å². The molecule has 1 aliphatic rings. The van der Waals surface area contributed by atoms with E-state index in [9.17, 15) is 9.59 Å². The number of hydrogen-bond donors (Lipinski definition) is 1. The predicted octanol–water partition coefficient (Wildman–Crippen LogP) is 3.78. The van der Waals surface area contributed by atoms with E-state index in [1.165, 1.54) is 4.90 Å². The maximum absolute atomic E-state index is 12.6. The van der Waals surface area contributed by atoms with E-state index in [0.29, 0.717) is 16.9 Å². The number of esters is 1. The van der Waals surface area contributed by atoms with Crippen LogP contribution in [0, 0.1) is 5.41 Å². The minimum atomic E-state index is -0.759. The lowest BCUT2D eigenvalue weighted by Crippen LogP contribution is -2.33. The summed E-state index contributed by atoms with van der Waals surface area (Å²) in [4.78, 5) is 26.1. The Morgan fingerprint density at radius 3 is 2.43 bits per heavy atom. The summed E-state index contributed by atoms with van der Waals surface area (Å²) in [6.07, 6.45) is -0.759. The summed E-state index contributed by atoms with van der Waals surface area (Å²) < 4.78 is 11.0. The van der Waals surface area contributed by atoms with Crippen molar-refractivity contribution >= 4 is 17.7 Å². The number of rotatable bonds is 5. The van der Waals surface area contributed by atoms with E-state index in [4.69, 9.17) is 14.9 Å². The first-order valence-electron chi connectivity index (χ1n) is 9.14. The molecular formula is C22H24N2O4. The molecule has 1 N–H and O–H groups in total. The van der Waals surface area contributed by atoms with Crippen LogP contribution in [-0.4, -0.2) is 34.3 Å². The van der Waals surface area contributed by atoms with Gasteiger partial charge in [0.1, 0.15) is 17.2 Å². The molecule has 1 atom stereocenters. The Labute approximate surface area is 164 Å². The molecule has 0 fully saturated rings. The molecule has 0 saturated carbocycles. The van der Waals surface area contributed by atoms with E-state index in [0.717, 1.165) is 5.56 Å². The fourth-order valence-electron chi connectivity index (χ4n) is 2.96. The van der Waals surface area contributed by atoms with Gasteiger partial charge in [-0.25, -0.2) is 4.79 Å². The fraction of sp³-hybridized carbons (Fsp3) is 0.318. The van der Waals surface area contributed by atoms with E-state index in [1.807, 2.05) is 12.1 Å². The third kappa shape index (κ3) is 4.22. The molecule has 28 heavy (non-hydrogen) atoms. The molecular weight excluding hydrogens is 356 g/mol. The third-order valence-electron chi connectivity index (χ3n) is 4.22. The molecule has 1 heterocycles. The SMILES string of the molecule is C[C@H](Oc1cccc(CN2C(=N)c3ccccc3C2=O)c1)C(=O)OC(C)(C)C. The summed E-state index contributed by atoms with van der Waals surface area (Å²) in [6.45, 7) is 7.30. The zero-order chi connectivity index (χ0) is 20.5. The van der Waals surface area contributed by atoms with E-state index in [1.54, 1.807) is 64.1 Å². The van der Waals surface area contributed by atoms with Gasteiger partial charge in [-0.05, 0) is 51.5 Å². The molecule has 0 saturated heterocycles. The van der Waals surface area contributed by atoms with Crippen LogP contribution in [0.15, 0.2) is 48.5 Å². The van der Waals surface area contributed by atoms with Gasteiger partial charge in [0.25, 0.3) is 5.91 Å². The van der Waals surface area contributed by atoms with Crippen LogP contribution in [0.1, 0.15) is 49.2 Å². The molecule has 6 nitrogen and oxygen atoms in total. The summed E-state index contributed by atoms with van der Waals surface area (Å²) in [5.41, 5.74) is 1.40. The van der Waals surface area contributed by atoms with Crippen LogP contribution in [-0.2, 0) is 16.1 Å². The average Bonchev–Trinajstić information content (AvgIpc) is 2.86.